The largest absolute Gasteiger partial charge is 0.468 e. The highest BCUT2D eigenvalue weighted by Gasteiger charge is 2.13. The van der Waals surface area contributed by atoms with Gasteiger partial charge in [-0.2, -0.15) is 0 Å². The first-order valence-corrected chi connectivity index (χ1v) is 3.96. The van der Waals surface area contributed by atoms with Gasteiger partial charge in [0, 0.05) is 12.4 Å². The third-order valence-corrected chi connectivity index (χ3v) is 1.71. The number of carbonyl (C=O) groups excluding carboxylic acids is 1. The van der Waals surface area contributed by atoms with Crippen LogP contribution >= 0.6 is 24.8 Å². The van der Waals surface area contributed by atoms with Gasteiger partial charge in [-0.25, -0.2) is 0 Å². The lowest BCUT2D eigenvalue weighted by Gasteiger charge is -2.08. The Hall–Kier alpha value is -0.840. The zero-order chi connectivity index (χ0) is 9.68. The smallest absolute Gasteiger partial charge is 0.322 e. The number of rotatable bonds is 3. The molecule has 15 heavy (non-hydrogen) atoms. The van der Waals surface area contributed by atoms with Crippen LogP contribution in [0.2, 0.25) is 0 Å². The summed E-state index contributed by atoms with van der Waals surface area (Å²) >= 11 is 0. The maximum absolute atomic E-state index is 11.0. The molecule has 1 aromatic rings. The fourth-order valence-corrected chi connectivity index (χ4v) is 1.01. The summed E-state index contributed by atoms with van der Waals surface area (Å²) in [5.41, 5.74) is 6.54. The number of nitrogens with zero attached hydrogens (tertiary/aromatic N) is 1. The SMILES string of the molecule is COC(=O)[C@H](N)Cc1ccncc1.Cl.Cl. The molecule has 0 amide bonds. The molecule has 2 N–H and O–H groups in total. The Morgan fingerprint density at radius 1 is 1.47 bits per heavy atom. The molecule has 6 heteroatoms. The highest BCUT2D eigenvalue weighted by atomic mass is 35.5. The molecule has 0 saturated heterocycles. The van der Waals surface area contributed by atoms with Gasteiger partial charge in [0.2, 0.25) is 0 Å². The molecule has 0 fully saturated rings. The summed E-state index contributed by atoms with van der Waals surface area (Å²) in [6, 6.07) is 3.05. The van der Waals surface area contributed by atoms with Gasteiger partial charge in [-0.1, -0.05) is 0 Å². The molecule has 0 aliphatic heterocycles. The molecule has 0 aliphatic carbocycles. The van der Waals surface area contributed by atoms with Gasteiger partial charge < -0.3 is 10.5 Å². The van der Waals surface area contributed by atoms with Crippen LogP contribution in [0, 0.1) is 0 Å². The first-order chi connectivity index (χ1) is 6.24. The number of methoxy groups -OCH3 is 1. The Morgan fingerprint density at radius 2 is 2.00 bits per heavy atom. The average molecular weight is 253 g/mol. The van der Waals surface area contributed by atoms with Crippen LogP contribution < -0.4 is 5.73 Å². The normalized spacial score (nSPS) is 10.5. The monoisotopic (exact) mass is 252 g/mol. The van der Waals surface area contributed by atoms with Gasteiger partial charge >= 0.3 is 5.97 Å². The molecule has 0 aromatic carbocycles. The Kier molecular flexibility index (Phi) is 9.36. The summed E-state index contributed by atoms with van der Waals surface area (Å²) in [5, 5.41) is 0. The van der Waals surface area contributed by atoms with Crippen LogP contribution in [0.1, 0.15) is 5.56 Å². The van der Waals surface area contributed by atoms with E-state index in [4.69, 9.17) is 5.73 Å². The molecule has 1 heterocycles. The van der Waals surface area contributed by atoms with Crippen LogP contribution in [0.3, 0.4) is 0 Å². The average Bonchev–Trinajstić information content (AvgIpc) is 2.18. The minimum absolute atomic E-state index is 0. The minimum Gasteiger partial charge on any atom is -0.468 e. The molecule has 1 aromatic heterocycles. The third kappa shape index (κ3) is 5.57. The summed E-state index contributed by atoms with van der Waals surface area (Å²) in [6.45, 7) is 0. The second kappa shape index (κ2) is 8.47. The number of nitrogens with two attached hydrogens (primary N) is 1. The van der Waals surface area contributed by atoms with E-state index in [0.29, 0.717) is 6.42 Å². The van der Waals surface area contributed by atoms with Crippen LogP contribution in [0.15, 0.2) is 24.5 Å². The van der Waals surface area contributed by atoms with Gasteiger partial charge in [-0.15, -0.1) is 24.8 Å². The standard InChI is InChI=1S/C9H12N2O2.2ClH/c1-13-9(12)8(10)6-7-2-4-11-5-3-7;;/h2-5,8H,6,10H2,1H3;2*1H/t8-;;/m1../s1. The number of pyridine rings is 1. The fourth-order valence-electron chi connectivity index (χ4n) is 1.01. The van der Waals surface area contributed by atoms with Gasteiger partial charge in [0.05, 0.1) is 7.11 Å². The number of carbonyl (C=O) groups is 1. The Morgan fingerprint density at radius 3 is 2.47 bits per heavy atom. The lowest BCUT2D eigenvalue weighted by molar-refractivity contribution is -0.142. The van der Waals surface area contributed by atoms with Crippen LogP contribution in [-0.2, 0) is 16.0 Å². The van der Waals surface area contributed by atoms with Crippen molar-refractivity contribution in [3.63, 3.8) is 0 Å². The number of ether oxygens (including phenoxy) is 1. The van der Waals surface area contributed by atoms with Crippen molar-refractivity contribution >= 4 is 30.8 Å². The van der Waals surface area contributed by atoms with Crippen molar-refractivity contribution in [2.24, 2.45) is 5.73 Å². The molecule has 0 bridgehead atoms. The highest BCUT2D eigenvalue weighted by molar-refractivity contribution is 5.85. The van der Waals surface area contributed by atoms with Crippen molar-refractivity contribution in [2.45, 2.75) is 12.5 Å². The van der Waals surface area contributed by atoms with Gasteiger partial charge in [-0.05, 0) is 24.1 Å². The van der Waals surface area contributed by atoms with Crippen molar-refractivity contribution in [2.75, 3.05) is 7.11 Å². The van der Waals surface area contributed by atoms with E-state index in [1.165, 1.54) is 7.11 Å². The Bertz CT molecular complexity index is 283. The molecule has 0 saturated carbocycles. The summed E-state index contributed by atoms with van der Waals surface area (Å²) in [4.78, 5) is 14.8. The summed E-state index contributed by atoms with van der Waals surface area (Å²) in [6.07, 6.45) is 3.81. The summed E-state index contributed by atoms with van der Waals surface area (Å²) < 4.78 is 4.50. The molecule has 0 radical (unpaired) electrons. The minimum atomic E-state index is -0.590. The van der Waals surface area contributed by atoms with Crippen LogP contribution in [0.25, 0.3) is 0 Å². The third-order valence-electron chi connectivity index (χ3n) is 1.71. The first kappa shape index (κ1) is 16.6. The summed E-state index contributed by atoms with van der Waals surface area (Å²) in [7, 11) is 1.33. The van der Waals surface area contributed by atoms with Crippen molar-refractivity contribution in [3.05, 3.63) is 30.1 Å². The van der Waals surface area contributed by atoms with E-state index >= 15 is 0 Å². The van der Waals surface area contributed by atoms with E-state index in [-0.39, 0.29) is 24.8 Å². The van der Waals surface area contributed by atoms with Gasteiger partial charge in [0.25, 0.3) is 0 Å². The molecule has 4 nitrogen and oxygen atoms in total. The maximum atomic E-state index is 11.0. The molecule has 1 rings (SSSR count). The lowest BCUT2D eigenvalue weighted by atomic mass is 10.1. The van der Waals surface area contributed by atoms with Crippen molar-refractivity contribution in [1.82, 2.24) is 4.98 Å². The van der Waals surface area contributed by atoms with Gasteiger partial charge in [0.1, 0.15) is 6.04 Å². The van der Waals surface area contributed by atoms with Crippen molar-refractivity contribution < 1.29 is 9.53 Å². The number of hydrogen-bond acceptors (Lipinski definition) is 4. The van der Waals surface area contributed by atoms with Crippen LogP contribution in [0.4, 0.5) is 0 Å². The molecule has 1 atom stereocenters. The van der Waals surface area contributed by atoms with E-state index in [1.807, 2.05) is 12.1 Å². The maximum Gasteiger partial charge on any atom is 0.322 e. The quantitative estimate of drug-likeness (QED) is 0.815. The molecule has 0 aliphatic rings. The van der Waals surface area contributed by atoms with E-state index < -0.39 is 12.0 Å². The van der Waals surface area contributed by atoms with Gasteiger partial charge in [0.15, 0.2) is 0 Å². The molecule has 86 valence electrons. The van der Waals surface area contributed by atoms with Crippen LogP contribution in [-0.4, -0.2) is 24.1 Å². The molecule has 0 spiro atoms. The topological polar surface area (TPSA) is 65.2 Å². The zero-order valence-electron chi connectivity index (χ0n) is 8.25. The number of halogens is 2. The van der Waals surface area contributed by atoms with E-state index in [2.05, 4.69) is 9.72 Å². The molecular formula is C9H14Cl2N2O2. The fraction of sp³-hybridized carbons (Fsp3) is 0.333. The lowest BCUT2D eigenvalue weighted by Crippen LogP contribution is -2.33. The highest BCUT2D eigenvalue weighted by Crippen LogP contribution is 2.00. The van der Waals surface area contributed by atoms with E-state index in [9.17, 15) is 4.79 Å². The second-order valence-corrected chi connectivity index (χ2v) is 2.69. The Balaban J connectivity index is 0. The molecular weight excluding hydrogens is 239 g/mol. The van der Waals surface area contributed by atoms with E-state index in [1.54, 1.807) is 12.4 Å². The predicted octanol–water partition coefficient (Wildman–Crippen LogP) is 0.968. The zero-order valence-corrected chi connectivity index (χ0v) is 9.88. The number of hydrogen-bond donors (Lipinski definition) is 1. The van der Waals surface area contributed by atoms with Gasteiger partial charge in [-0.3, -0.25) is 9.78 Å². The van der Waals surface area contributed by atoms with E-state index in [0.717, 1.165) is 5.56 Å². The first-order valence-electron chi connectivity index (χ1n) is 3.96. The second-order valence-electron chi connectivity index (χ2n) is 2.69. The number of aromatic nitrogens is 1. The molecule has 0 unspecified atom stereocenters. The summed E-state index contributed by atoms with van der Waals surface area (Å²) in [5.74, 6) is -0.392. The number of esters is 1. The van der Waals surface area contributed by atoms with Crippen molar-refractivity contribution in [3.8, 4) is 0 Å². The van der Waals surface area contributed by atoms with Crippen molar-refractivity contribution in [1.29, 1.82) is 0 Å². The predicted molar refractivity (Wildman–Crippen MR) is 62.4 cm³/mol. The Labute approximate surface area is 101 Å². The van der Waals surface area contributed by atoms with Crippen LogP contribution in [0.5, 0.6) is 0 Å².